The van der Waals surface area contributed by atoms with Gasteiger partial charge >= 0.3 is 6.09 Å². The number of unbranched alkanes of at least 4 members (excludes halogenated alkanes) is 15. The predicted molar refractivity (Wildman–Crippen MR) is 205 cm³/mol. The van der Waals surface area contributed by atoms with Gasteiger partial charge in [0.2, 0.25) is 0 Å². The van der Waals surface area contributed by atoms with Gasteiger partial charge in [0.15, 0.2) is 0 Å². The summed E-state index contributed by atoms with van der Waals surface area (Å²) in [6.45, 7) is 3.50. The molecule has 2 aromatic carbocycles. The van der Waals surface area contributed by atoms with Crippen molar-refractivity contribution in [2.75, 3.05) is 54.1 Å². The van der Waals surface area contributed by atoms with Gasteiger partial charge in [-0.3, -0.25) is 4.57 Å². The molecule has 10 heteroatoms. The molecule has 0 heterocycles. The standard InChI is InChI=1S/C41H69N2O7P/c1-5-6-7-8-9-10-11-12-13-14-15-16-17-18-19-26-32-47-37-40(50-51(45,46)49-33-31-43(2,3)4)35-42(34-38-27-22-20-23-28-38)41(44)48-36-39-29-24-21-25-30-39/h20-25,27-30,40H,5-19,26,31-37H2,1-4H3. The molecule has 2 rings (SSSR count). The summed E-state index contributed by atoms with van der Waals surface area (Å²) in [7, 11) is 1.19. The molecule has 9 nitrogen and oxygen atoms in total. The Morgan fingerprint density at radius 3 is 1.73 bits per heavy atom. The molecule has 0 saturated carbocycles. The Morgan fingerprint density at radius 2 is 1.22 bits per heavy atom. The zero-order valence-corrected chi connectivity index (χ0v) is 33.2. The first-order valence-corrected chi connectivity index (χ1v) is 21.1. The summed E-state index contributed by atoms with van der Waals surface area (Å²) in [6.07, 6.45) is 19.1. The van der Waals surface area contributed by atoms with Gasteiger partial charge in [0.05, 0.1) is 34.3 Å². The molecule has 2 unspecified atom stereocenters. The van der Waals surface area contributed by atoms with Crippen LogP contribution in [0.3, 0.4) is 0 Å². The Hall–Kier alpha value is -2.26. The number of hydrogen-bond acceptors (Lipinski definition) is 7. The molecule has 0 fully saturated rings. The maximum Gasteiger partial charge on any atom is 0.410 e. The van der Waals surface area contributed by atoms with Crippen molar-refractivity contribution in [1.29, 1.82) is 0 Å². The summed E-state index contributed by atoms with van der Waals surface area (Å²) in [5.74, 6) is 0. The summed E-state index contributed by atoms with van der Waals surface area (Å²) >= 11 is 0. The monoisotopic (exact) mass is 732 g/mol. The van der Waals surface area contributed by atoms with Crippen molar-refractivity contribution in [3.8, 4) is 0 Å². The van der Waals surface area contributed by atoms with Gasteiger partial charge < -0.3 is 32.8 Å². The molecule has 0 radical (unpaired) electrons. The normalized spacial score (nSPS) is 13.5. The zero-order valence-electron chi connectivity index (χ0n) is 32.3. The Kier molecular flexibility index (Phi) is 24.1. The van der Waals surface area contributed by atoms with Crippen molar-refractivity contribution >= 4 is 13.9 Å². The first kappa shape index (κ1) is 44.9. The highest BCUT2D eigenvalue weighted by molar-refractivity contribution is 7.45. The van der Waals surface area contributed by atoms with Crippen LogP contribution in [0.2, 0.25) is 0 Å². The van der Waals surface area contributed by atoms with Crippen LogP contribution in [-0.2, 0) is 36.2 Å². The molecule has 0 spiro atoms. The molecule has 2 atom stereocenters. The Morgan fingerprint density at radius 1 is 0.725 bits per heavy atom. The molecule has 1 amide bonds. The second-order valence-corrected chi connectivity index (χ2v) is 16.2. The second kappa shape index (κ2) is 27.4. The third kappa shape index (κ3) is 24.6. The molecule has 2 aromatic rings. The summed E-state index contributed by atoms with van der Waals surface area (Å²) < 4.78 is 35.9. The molecule has 0 bridgehead atoms. The van der Waals surface area contributed by atoms with E-state index in [2.05, 4.69) is 6.92 Å². The van der Waals surface area contributed by atoms with Gasteiger partial charge in [-0.15, -0.1) is 0 Å². The molecule has 0 saturated heterocycles. The fourth-order valence-electron chi connectivity index (χ4n) is 5.79. The fraction of sp³-hybridized carbons (Fsp3) is 0.683. The number of carbonyl (C=O) groups excluding carboxylic acids is 1. The van der Waals surface area contributed by atoms with E-state index in [0.717, 1.165) is 30.4 Å². The van der Waals surface area contributed by atoms with Crippen LogP contribution in [-0.4, -0.2) is 75.6 Å². The van der Waals surface area contributed by atoms with Gasteiger partial charge in [-0.25, -0.2) is 4.79 Å². The number of benzene rings is 2. The van der Waals surface area contributed by atoms with Gasteiger partial charge in [0.25, 0.3) is 7.82 Å². The molecule has 0 aliphatic rings. The number of quaternary nitrogens is 1. The molecule has 290 valence electrons. The van der Waals surface area contributed by atoms with Crippen LogP contribution in [0.5, 0.6) is 0 Å². The molecular formula is C41H69N2O7P. The SMILES string of the molecule is CCCCCCCCCCCCCCCCCCOCC(CN(Cc1ccccc1)C(=O)OCc1ccccc1)OP(=O)([O-])OCC[N+](C)(C)C. The van der Waals surface area contributed by atoms with E-state index in [1.54, 1.807) is 0 Å². The van der Waals surface area contributed by atoms with Crippen molar-refractivity contribution in [2.45, 2.75) is 129 Å². The van der Waals surface area contributed by atoms with E-state index in [1.165, 1.54) is 88.4 Å². The smallest absolute Gasteiger partial charge is 0.410 e. The first-order chi connectivity index (χ1) is 24.6. The molecule has 0 aliphatic heterocycles. The summed E-state index contributed by atoms with van der Waals surface area (Å²) in [5, 5.41) is 0. The van der Waals surface area contributed by atoms with Gasteiger partial charge in [-0.2, -0.15) is 0 Å². The van der Waals surface area contributed by atoms with Gasteiger partial charge in [-0.05, 0) is 17.5 Å². The maximum absolute atomic E-state index is 13.4. The minimum Gasteiger partial charge on any atom is -0.756 e. The zero-order chi connectivity index (χ0) is 37.0. The number of ether oxygens (including phenoxy) is 2. The minimum atomic E-state index is -4.68. The lowest BCUT2D eigenvalue weighted by atomic mass is 10.0. The van der Waals surface area contributed by atoms with Crippen molar-refractivity contribution in [1.82, 2.24) is 4.90 Å². The Balaban J connectivity index is 1.82. The van der Waals surface area contributed by atoms with Crippen LogP contribution in [0.15, 0.2) is 60.7 Å². The van der Waals surface area contributed by atoms with E-state index in [4.69, 9.17) is 18.5 Å². The van der Waals surface area contributed by atoms with E-state index in [0.29, 0.717) is 17.6 Å². The molecule has 51 heavy (non-hydrogen) atoms. The number of rotatable bonds is 31. The molecule has 0 aliphatic carbocycles. The van der Waals surface area contributed by atoms with Crippen LogP contribution < -0.4 is 4.89 Å². The highest BCUT2D eigenvalue weighted by Crippen LogP contribution is 2.40. The average Bonchev–Trinajstić information content (AvgIpc) is 3.09. The van der Waals surface area contributed by atoms with Crippen molar-refractivity contribution in [3.05, 3.63) is 71.8 Å². The number of nitrogens with zero attached hydrogens (tertiary/aromatic N) is 2. The second-order valence-electron chi connectivity index (χ2n) is 14.8. The first-order valence-electron chi connectivity index (χ1n) is 19.6. The quantitative estimate of drug-likeness (QED) is 0.0433. The van der Waals surface area contributed by atoms with Crippen molar-refractivity contribution in [2.24, 2.45) is 0 Å². The van der Waals surface area contributed by atoms with Crippen molar-refractivity contribution < 1.29 is 37.3 Å². The predicted octanol–water partition coefficient (Wildman–Crippen LogP) is 9.68. The topological polar surface area (TPSA) is 97.4 Å². The summed E-state index contributed by atoms with van der Waals surface area (Å²) in [4.78, 5) is 27.8. The highest BCUT2D eigenvalue weighted by Gasteiger charge is 2.26. The third-order valence-electron chi connectivity index (χ3n) is 8.84. The molecular weight excluding hydrogens is 663 g/mol. The number of hydrogen-bond donors (Lipinski definition) is 0. The van der Waals surface area contributed by atoms with E-state index < -0.39 is 20.0 Å². The van der Waals surface area contributed by atoms with Crippen LogP contribution >= 0.6 is 7.82 Å². The maximum atomic E-state index is 13.4. The number of likely N-dealkylation sites (N-methyl/N-ethyl adjacent to an activating group) is 1. The fourth-order valence-corrected chi connectivity index (χ4v) is 6.65. The molecule has 0 N–H and O–H groups in total. The highest BCUT2D eigenvalue weighted by atomic mass is 31.2. The van der Waals surface area contributed by atoms with Crippen LogP contribution in [0, 0.1) is 0 Å². The lowest BCUT2D eigenvalue weighted by molar-refractivity contribution is -0.870. The summed E-state index contributed by atoms with van der Waals surface area (Å²) in [6, 6.07) is 19.0. The number of amides is 1. The van der Waals surface area contributed by atoms with Gasteiger partial charge in [-0.1, -0.05) is 164 Å². The lowest BCUT2D eigenvalue weighted by Gasteiger charge is -2.32. The number of phosphoric ester groups is 1. The largest absolute Gasteiger partial charge is 0.756 e. The average molecular weight is 733 g/mol. The van der Waals surface area contributed by atoms with Crippen molar-refractivity contribution in [3.63, 3.8) is 0 Å². The van der Waals surface area contributed by atoms with Crippen LogP contribution in [0.25, 0.3) is 0 Å². The van der Waals surface area contributed by atoms with Crippen LogP contribution in [0.1, 0.15) is 121 Å². The number of carbonyl (C=O) groups is 1. The molecule has 0 aromatic heterocycles. The Labute approximate surface area is 310 Å². The Bertz CT molecular complexity index is 1180. The lowest BCUT2D eigenvalue weighted by Crippen LogP contribution is -2.41. The summed E-state index contributed by atoms with van der Waals surface area (Å²) in [5.41, 5.74) is 1.74. The van der Waals surface area contributed by atoms with E-state index >= 15 is 0 Å². The third-order valence-corrected chi connectivity index (χ3v) is 9.89. The number of phosphoric acid groups is 1. The van der Waals surface area contributed by atoms with Gasteiger partial charge in [0, 0.05) is 13.2 Å². The van der Waals surface area contributed by atoms with Crippen LogP contribution in [0.4, 0.5) is 4.79 Å². The van der Waals surface area contributed by atoms with Gasteiger partial charge in [0.1, 0.15) is 25.9 Å². The van der Waals surface area contributed by atoms with E-state index in [1.807, 2.05) is 81.8 Å². The minimum absolute atomic E-state index is 0.000911. The van der Waals surface area contributed by atoms with E-state index in [-0.39, 0.29) is 32.9 Å². The van der Waals surface area contributed by atoms with E-state index in [9.17, 15) is 14.3 Å².